The monoisotopic (exact) mass is 213 g/mol. The van der Waals surface area contributed by atoms with Crippen molar-refractivity contribution in [2.45, 2.75) is 52.6 Å². The molecule has 90 valence electrons. The topological polar surface area (TPSA) is 21.3 Å². The predicted octanol–water partition coefficient (Wildman–Crippen LogP) is 2.83. The molecule has 1 N–H and O–H groups in total. The fraction of sp³-hybridized carbons (Fsp3) is 1.00. The van der Waals surface area contributed by atoms with E-state index in [2.05, 4.69) is 26.1 Å². The predicted molar refractivity (Wildman–Crippen MR) is 65.1 cm³/mol. The average Bonchev–Trinajstić information content (AvgIpc) is 2.17. The van der Waals surface area contributed by atoms with Gasteiger partial charge in [-0.25, -0.2) is 0 Å². The molecule has 2 atom stereocenters. The summed E-state index contributed by atoms with van der Waals surface area (Å²) in [6.07, 6.45) is 6.06. The van der Waals surface area contributed by atoms with Crippen molar-refractivity contribution in [2.24, 2.45) is 11.8 Å². The minimum Gasteiger partial charge on any atom is -0.377 e. The summed E-state index contributed by atoms with van der Waals surface area (Å²) in [4.78, 5) is 0. The number of nitrogens with one attached hydrogen (secondary N) is 1. The smallest absolute Gasteiger partial charge is 0.0594 e. The highest BCUT2D eigenvalue weighted by molar-refractivity contribution is 4.72. The molecule has 1 rings (SSSR count). The lowest BCUT2D eigenvalue weighted by molar-refractivity contribution is 0.0799. The molecule has 0 radical (unpaired) electrons. The Hall–Kier alpha value is -0.0800. The van der Waals surface area contributed by atoms with Gasteiger partial charge < -0.3 is 10.1 Å². The lowest BCUT2D eigenvalue weighted by atomic mass is 9.82. The van der Waals surface area contributed by atoms with Crippen molar-refractivity contribution in [1.29, 1.82) is 0 Å². The molecule has 0 aromatic carbocycles. The Kier molecular flexibility index (Phi) is 6.26. The standard InChI is InChI=1S/C13H27NO/c1-11(2)15-8-7-14-10-13-6-4-5-12(3)9-13/h11-14H,4-10H2,1-3H3. The summed E-state index contributed by atoms with van der Waals surface area (Å²) in [6, 6.07) is 0. The molecule has 1 aliphatic rings. The van der Waals surface area contributed by atoms with Gasteiger partial charge in [0.2, 0.25) is 0 Å². The molecule has 1 saturated carbocycles. The van der Waals surface area contributed by atoms with Crippen LogP contribution in [0.3, 0.4) is 0 Å². The second kappa shape index (κ2) is 7.24. The molecule has 1 aliphatic carbocycles. The van der Waals surface area contributed by atoms with Crippen LogP contribution >= 0.6 is 0 Å². The van der Waals surface area contributed by atoms with Crippen molar-refractivity contribution in [1.82, 2.24) is 5.32 Å². The Morgan fingerprint density at radius 2 is 2.13 bits per heavy atom. The minimum atomic E-state index is 0.363. The molecule has 0 aliphatic heterocycles. The van der Waals surface area contributed by atoms with Crippen molar-refractivity contribution in [3.63, 3.8) is 0 Å². The Morgan fingerprint density at radius 3 is 2.80 bits per heavy atom. The molecule has 2 unspecified atom stereocenters. The molecule has 0 bridgehead atoms. The summed E-state index contributed by atoms with van der Waals surface area (Å²) in [5.41, 5.74) is 0. The van der Waals surface area contributed by atoms with Crippen LogP contribution in [0.4, 0.5) is 0 Å². The van der Waals surface area contributed by atoms with E-state index >= 15 is 0 Å². The largest absolute Gasteiger partial charge is 0.377 e. The zero-order valence-electron chi connectivity index (χ0n) is 10.6. The molecule has 0 amide bonds. The maximum atomic E-state index is 5.49. The molecule has 2 nitrogen and oxygen atoms in total. The highest BCUT2D eigenvalue weighted by atomic mass is 16.5. The van der Waals surface area contributed by atoms with Gasteiger partial charge in [-0.1, -0.05) is 19.8 Å². The van der Waals surface area contributed by atoms with E-state index in [0.29, 0.717) is 6.10 Å². The minimum absolute atomic E-state index is 0.363. The molecule has 2 heteroatoms. The molecular formula is C13H27NO. The third-order valence-corrected chi connectivity index (χ3v) is 3.21. The van der Waals surface area contributed by atoms with Crippen LogP contribution in [0.15, 0.2) is 0 Å². The second-order valence-electron chi connectivity index (χ2n) is 5.26. The van der Waals surface area contributed by atoms with E-state index < -0.39 is 0 Å². The van der Waals surface area contributed by atoms with E-state index in [1.54, 1.807) is 0 Å². The number of hydrogen-bond acceptors (Lipinski definition) is 2. The lowest BCUT2D eigenvalue weighted by Crippen LogP contribution is -2.29. The van der Waals surface area contributed by atoms with Crippen LogP contribution < -0.4 is 5.32 Å². The van der Waals surface area contributed by atoms with Crippen LogP contribution in [0, 0.1) is 11.8 Å². The van der Waals surface area contributed by atoms with E-state index in [1.807, 2.05) is 0 Å². The summed E-state index contributed by atoms with van der Waals surface area (Å²) in [5.74, 6) is 1.85. The summed E-state index contributed by atoms with van der Waals surface area (Å²) >= 11 is 0. The normalized spacial score (nSPS) is 27.2. The molecule has 0 aromatic heterocycles. The fourth-order valence-electron chi connectivity index (χ4n) is 2.42. The molecule has 0 saturated heterocycles. The summed E-state index contributed by atoms with van der Waals surface area (Å²) in [6.45, 7) is 9.59. The van der Waals surface area contributed by atoms with Gasteiger partial charge in [0.05, 0.1) is 12.7 Å². The van der Waals surface area contributed by atoms with Gasteiger partial charge in [-0.05, 0) is 45.1 Å². The highest BCUT2D eigenvalue weighted by Crippen LogP contribution is 2.27. The Morgan fingerprint density at radius 1 is 1.33 bits per heavy atom. The van der Waals surface area contributed by atoms with Crippen LogP contribution in [0.25, 0.3) is 0 Å². The van der Waals surface area contributed by atoms with Gasteiger partial charge in [-0.3, -0.25) is 0 Å². The van der Waals surface area contributed by atoms with E-state index in [0.717, 1.165) is 25.0 Å². The van der Waals surface area contributed by atoms with Gasteiger partial charge in [0.15, 0.2) is 0 Å². The van der Waals surface area contributed by atoms with Crippen molar-refractivity contribution >= 4 is 0 Å². The summed E-state index contributed by atoms with van der Waals surface area (Å²) < 4.78 is 5.49. The SMILES string of the molecule is CC1CCCC(CNCCOC(C)C)C1. The first kappa shape index (κ1) is 13.0. The van der Waals surface area contributed by atoms with Gasteiger partial charge in [-0.15, -0.1) is 0 Å². The van der Waals surface area contributed by atoms with E-state index in [1.165, 1.54) is 32.2 Å². The number of hydrogen-bond donors (Lipinski definition) is 1. The summed E-state index contributed by atoms with van der Waals surface area (Å²) in [7, 11) is 0. The maximum Gasteiger partial charge on any atom is 0.0594 e. The summed E-state index contributed by atoms with van der Waals surface area (Å²) in [5, 5.41) is 3.51. The van der Waals surface area contributed by atoms with E-state index in [-0.39, 0.29) is 0 Å². The average molecular weight is 213 g/mol. The Bertz CT molecular complexity index is 159. The first-order chi connectivity index (χ1) is 7.18. The van der Waals surface area contributed by atoms with Crippen LogP contribution in [-0.2, 0) is 4.74 Å². The highest BCUT2D eigenvalue weighted by Gasteiger charge is 2.17. The van der Waals surface area contributed by atoms with Crippen molar-refractivity contribution in [3.05, 3.63) is 0 Å². The lowest BCUT2D eigenvalue weighted by Gasteiger charge is -2.26. The van der Waals surface area contributed by atoms with Gasteiger partial charge in [-0.2, -0.15) is 0 Å². The molecular weight excluding hydrogens is 186 g/mol. The zero-order valence-corrected chi connectivity index (χ0v) is 10.6. The van der Waals surface area contributed by atoms with Crippen LogP contribution in [0.1, 0.15) is 46.5 Å². The van der Waals surface area contributed by atoms with Gasteiger partial charge in [0.25, 0.3) is 0 Å². The van der Waals surface area contributed by atoms with Crippen LogP contribution in [0.5, 0.6) is 0 Å². The fourth-order valence-corrected chi connectivity index (χ4v) is 2.42. The van der Waals surface area contributed by atoms with Gasteiger partial charge in [0, 0.05) is 6.54 Å². The van der Waals surface area contributed by atoms with Crippen LogP contribution in [0.2, 0.25) is 0 Å². The first-order valence-electron chi connectivity index (χ1n) is 6.50. The number of ether oxygens (including phenoxy) is 1. The van der Waals surface area contributed by atoms with E-state index in [9.17, 15) is 0 Å². The molecule has 0 spiro atoms. The quantitative estimate of drug-likeness (QED) is 0.685. The molecule has 0 aromatic rings. The third kappa shape index (κ3) is 6.16. The first-order valence-corrected chi connectivity index (χ1v) is 6.50. The van der Waals surface area contributed by atoms with Crippen molar-refractivity contribution < 1.29 is 4.74 Å². The molecule has 1 fully saturated rings. The second-order valence-corrected chi connectivity index (χ2v) is 5.26. The van der Waals surface area contributed by atoms with Crippen molar-refractivity contribution in [3.8, 4) is 0 Å². The molecule has 0 heterocycles. The van der Waals surface area contributed by atoms with Crippen molar-refractivity contribution in [2.75, 3.05) is 19.7 Å². The van der Waals surface area contributed by atoms with Gasteiger partial charge >= 0.3 is 0 Å². The third-order valence-electron chi connectivity index (χ3n) is 3.21. The zero-order chi connectivity index (χ0) is 11.1. The van der Waals surface area contributed by atoms with Gasteiger partial charge in [0.1, 0.15) is 0 Å². The Balaban J connectivity index is 1.95. The number of rotatable bonds is 6. The maximum absolute atomic E-state index is 5.49. The van der Waals surface area contributed by atoms with Crippen LogP contribution in [-0.4, -0.2) is 25.8 Å². The molecule has 15 heavy (non-hydrogen) atoms. The Labute approximate surface area is 94.8 Å². The van der Waals surface area contributed by atoms with E-state index in [4.69, 9.17) is 4.74 Å².